The predicted molar refractivity (Wildman–Crippen MR) is 68.4 cm³/mol. The van der Waals surface area contributed by atoms with E-state index in [2.05, 4.69) is 20.3 Å². The summed E-state index contributed by atoms with van der Waals surface area (Å²) in [7, 11) is 0. The maximum atomic E-state index is 13.6. The van der Waals surface area contributed by atoms with Gasteiger partial charge >= 0.3 is 0 Å². The molecule has 0 saturated carbocycles. The number of halogens is 2. The van der Waals surface area contributed by atoms with Crippen LogP contribution in [-0.4, -0.2) is 25.0 Å². The van der Waals surface area contributed by atoms with Crippen LogP contribution in [0.5, 0.6) is 0 Å². The summed E-state index contributed by atoms with van der Waals surface area (Å²) in [5, 5.41) is 8.12. The van der Waals surface area contributed by atoms with E-state index in [0.717, 1.165) is 0 Å². The highest BCUT2D eigenvalue weighted by Crippen LogP contribution is 2.18. The van der Waals surface area contributed by atoms with Crippen LogP contribution in [0.4, 0.5) is 4.39 Å². The van der Waals surface area contributed by atoms with Crippen molar-refractivity contribution >= 4 is 22.8 Å². The van der Waals surface area contributed by atoms with Crippen molar-refractivity contribution in [2.75, 3.05) is 0 Å². The van der Waals surface area contributed by atoms with Crippen LogP contribution >= 0.6 is 11.6 Å². The molecule has 0 N–H and O–H groups in total. The van der Waals surface area contributed by atoms with Crippen molar-refractivity contribution in [3.63, 3.8) is 0 Å². The number of aromatic nitrogens is 5. The Morgan fingerprint density at radius 2 is 2.05 bits per heavy atom. The second-order valence-electron chi connectivity index (χ2n) is 4.07. The van der Waals surface area contributed by atoms with Gasteiger partial charge in [-0.3, -0.25) is 0 Å². The molecule has 0 bridgehead atoms. The minimum Gasteiger partial charge on any atom is -0.222 e. The van der Waals surface area contributed by atoms with Gasteiger partial charge in [0.15, 0.2) is 16.3 Å². The Morgan fingerprint density at radius 1 is 1.26 bits per heavy atom. The van der Waals surface area contributed by atoms with Gasteiger partial charge in [-0.05, 0) is 13.0 Å². The molecule has 0 unspecified atom stereocenters. The third-order valence-corrected chi connectivity index (χ3v) is 2.97. The number of hydrogen-bond acceptors (Lipinski definition) is 4. The molecule has 2 heterocycles. The van der Waals surface area contributed by atoms with E-state index in [9.17, 15) is 4.39 Å². The van der Waals surface area contributed by atoms with Crippen LogP contribution in [0.3, 0.4) is 0 Å². The first-order valence-corrected chi connectivity index (χ1v) is 5.99. The molecule has 3 aromatic rings. The second-order valence-corrected chi connectivity index (χ2v) is 4.43. The molecule has 0 aliphatic rings. The van der Waals surface area contributed by atoms with Crippen molar-refractivity contribution in [3.8, 4) is 0 Å². The van der Waals surface area contributed by atoms with Gasteiger partial charge in [0.2, 0.25) is 0 Å². The van der Waals surface area contributed by atoms with Gasteiger partial charge < -0.3 is 0 Å². The van der Waals surface area contributed by atoms with Gasteiger partial charge in [0, 0.05) is 5.56 Å². The average Bonchev–Trinajstić information content (AvgIpc) is 2.76. The lowest BCUT2D eigenvalue weighted by Gasteiger charge is -2.03. The van der Waals surface area contributed by atoms with E-state index >= 15 is 0 Å². The Bertz CT molecular complexity index is 755. The summed E-state index contributed by atoms with van der Waals surface area (Å²) in [4.78, 5) is 8.25. The molecule has 0 spiro atoms. The highest BCUT2D eigenvalue weighted by atomic mass is 35.5. The summed E-state index contributed by atoms with van der Waals surface area (Å²) in [6.45, 7) is 1.97. The molecule has 0 atom stereocenters. The van der Waals surface area contributed by atoms with Crippen LogP contribution in [0.1, 0.15) is 11.4 Å². The van der Waals surface area contributed by atoms with Crippen molar-refractivity contribution in [2.45, 2.75) is 13.5 Å². The van der Waals surface area contributed by atoms with Gasteiger partial charge in [0.25, 0.3) is 0 Å². The van der Waals surface area contributed by atoms with Crippen molar-refractivity contribution in [1.82, 2.24) is 25.0 Å². The Morgan fingerprint density at radius 3 is 2.84 bits per heavy atom. The van der Waals surface area contributed by atoms with Gasteiger partial charge in [0.05, 0.1) is 6.54 Å². The van der Waals surface area contributed by atoms with Crippen LogP contribution < -0.4 is 0 Å². The largest absolute Gasteiger partial charge is 0.222 e. The monoisotopic (exact) mass is 277 g/mol. The van der Waals surface area contributed by atoms with Gasteiger partial charge in [-0.15, -0.1) is 5.10 Å². The van der Waals surface area contributed by atoms with Crippen molar-refractivity contribution in [2.24, 2.45) is 0 Å². The van der Waals surface area contributed by atoms with E-state index in [1.165, 1.54) is 10.7 Å². The first-order valence-electron chi connectivity index (χ1n) is 5.62. The van der Waals surface area contributed by atoms with E-state index < -0.39 is 0 Å². The maximum absolute atomic E-state index is 13.6. The Labute approximate surface area is 113 Å². The van der Waals surface area contributed by atoms with Crippen LogP contribution in [0, 0.1) is 12.7 Å². The summed E-state index contributed by atoms with van der Waals surface area (Å²) < 4.78 is 15.1. The minimum atomic E-state index is -0.289. The summed E-state index contributed by atoms with van der Waals surface area (Å²) in [5.74, 6) is 0.234. The Balaban J connectivity index is 2.09. The molecule has 2 aromatic heterocycles. The number of benzene rings is 1. The lowest BCUT2D eigenvalue weighted by Crippen LogP contribution is -2.05. The Kier molecular flexibility index (Phi) is 2.87. The summed E-state index contributed by atoms with van der Waals surface area (Å²) in [6.07, 6.45) is 0. The highest BCUT2D eigenvalue weighted by Gasteiger charge is 2.13. The van der Waals surface area contributed by atoms with Gasteiger partial charge in [-0.2, -0.15) is 0 Å². The fraction of sp³-hybridized carbons (Fsp3) is 0.167. The second kappa shape index (κ2) is 4.55. The third kappa shape index (κ3) is 2.15. The molecule has 96 valence electrons. The molecule has 0 radical (unpaired) electrons. The topological polar surface area (TPSA) is 56.5 Å². The molecule has 0 aliphatic heterocycles. The Hall–Kier alpha value is -2.08. The molecule has 0 amide bonds. The van der Waals surface area contributed by atoms with Crippen molar-refractivity contribution < 1.29 is 4.39 Å². The molecule has 3 rings (SSSR count). The number of rotatable bonds is 2. The number of fused-ring (bicyclic) bond motifs is 1. The molecule has 7 heteroatoms. The van der Waals surface area contributed by atoms with E-state index in [4.69, 9.17) is 11.6 Å². The first-order chi connectivity index (χ1) is 9.15. The van der Waals surface area contributed by atoms with Crippen LogP contribution in [0.15, 0.2) is 24.3 Å². The minimum absolute atomic E-state index is 0.246. The number of aryl methyl sites for hydroxylation is 1. The standard InChI is InChI=1S/C12H9ClFN5/c1-7-15-11(13)10-12(16-7)19(18-17-10)6-8-4-2-3-5-9(8)14/h2-5H,6H2,1H3. The summed E-state index contributed by atoms with van der Waals surface area (Å²) >= 11 is 5.97. The maximum Gasteiger partial charge on any atom is 0.183 e. The van der Waals surface area contributed by atoms with E-state index in [1.807, 2.05) is 0 Å². The lowest BCUT2D eigenvalue weighted by molar-refractivity contribution is 0.582. The van der Waals surface area contributed by atoms with Gasteiger partial charge in [-0.1, -0.05) is 35.0 Å². The molecule has 1 aromatic carbocycles. The molecule has 0 fully saturated rings. The zero-order valence-electron chi connectivity index (χ0n) is 10.0. The predicted octanol–water partition coefficient (Wildman–Crippen LogP) is 2.37. The molecule has 19 heavy (non-hydrogen) atoms. The van der Waals surface area contributed by atoms with E-state index in [0.29, 0.717) is 22.6 Å². The zero-order chi connectivity index (χ0) is 13.4. The van der Waals surface area contributed by atoms with Crippen molar-refractivity contribution in [3.05, 3.63) is 46.6 Å². The van der Waals surface area contributed by atoms with E-state index in [-0.39, 0.29) is 17.5 Å². The van der Waals surface area contributed by atoms with Crippen LogP contribution in [0.25, 0.3) is 11.2 Å². The van der Waals surface area contributed by atoms with Crippen LogP contribution in [-0.2, 0) is 6.54 Å². The molecule has 0 aliphatic carbocycles. The number of hydrogen-bond donors (Lipinski definition) is 0. The quantitative estimate of drug-likeness (QED) is 0.675. The highest BCUT2D eigenvalue weighted by molar-refractivity contribution is 6.33. The van der Waals surface area contributed by atoms with Gasteiger partial charge in [0.1, 0.15) is 11.6 Å². The smallest absolute Gasteiger partial charge is 0.183 e. The van der Waals surface area contributed by atoms with Crippen molar-refractivity contribution in [1.29, 1.82) is 0 Å². The molecular formula is C12H9ClFN5. The first kappa shape index (κ1) is 12.0. The summed E-state index contributed by atoms with van der Waals surface area (Å²) in [6, 6.07) is 6.51. The normalized spacial score (nSPS) is 11.1. The average molecular weight is 278 g/mol. The SMILES string of the molecule is Cc1nc(Cl)c2nnn(Cc3ccccc3F)c2n1. The molecule has 0 saturated heterocycles. The molecular weight excluding hydrogens is 269 g/mol. The van der Waals surface area contributed by atoms with Crippen LogP contribution in [0.2, 0.25) is 5.15 Å². The fourth-order valence-electron chi connectivity index (χ4n) is 1.82. The van der Waals surface area contributed by atoms with E-state index in [1.54, 1.807) is 25.1 Å². The van der Waals surface area contributed by atoms with Gasteiger partial charge in [-0.25, -0.2) is 19.0 Å². The third-order valence-electron chi connectivity index (χ3n) is 2.71. The number of nitrogens with zero attached hydrogens (tertiary/aromatic N) is 5. The zero-order valence-corrected chi connectivity index (χ0v) is 10.8. The molecule has 5 nitrogen and oxygen atoms in total. The summed E-state index contributed by atoms with van der Waals surface area (Å²) in [5.41, 5.74) is 1.44. The fourth-order valence-corrected chi connectivity index (χ4v) is 2.06. The lowest BCUT2D eigenvalue weighted by atomic mass is 10.2.